The molecule has 1 fully saturated rings. The van der Waals surface area contributed by atoms with Gasteiger partial charge in [-0.05, 0) is 69.1 Å². The summed E-state index contributed by atoms with van der Waals surface area (Å²) >= 11 is 12.7. The molecule has 2 aromatic carbocycles. The fourth-order valence-electron chi connectivity index (χ4n) is 5.57. The van der Waals surface area contributed by atoms with Crippen LogP contribution in [0.15, 0.2) is 59.6 Å². The number of halogens is 2. The van der Waals surface area contributed by atoms with Gasteiger partial charge >= 0.3 is 0 Å². The molecule has 2 aliphatic rings. The zero-order valence-corrected chi connectivity index (χ0v) is 21.3. The highest BCUT2D eigenvalue weighted by atomic mass is 35.5. The van der Waals surface area contributed by atoms with Crippen molar-refractivity contribution in [1.82, 2.24) is 10.2 Å². The van der Waals surface area contributed by atoms with Crippen LogP contribution in [0.4, 0.5) is 5.69 Å². The van der Waals surface area contributed by atoms with Crippen LogP contribution in [-0.4, -0.2) is 53.4 Å². The molecular formula is C27H31Cl2N3O2. The Balaban J connectivity index is 1.81. The van der Waals surface area contributed by atoms with Gasteiger partial charge in [-0.3, -0.25) is 14.7 Å². The van der Waals surface area contributed by atoms with Crippen LogP contribution in [-0.2, 0) is 10.2 Å². The van der Waals surface area contributed by atoms with Crippen LogP contribution in [0.5, 0.6) is 0 Å². The van der Waals surface area contributed by atoms with Gasteiger partial charge < -0.3 is 10.4 Å². The molecule has 180 valence electrons. The number of nitrogens with zero attached hydrogens (tertiary/aromatic N) is 2. The Morgan fingerprint density at radius 3 is 2.68 bits per heavy atom. The van der Waals surface area contributed by atoms with E-state index in [-0.39, 0.29) is 31.0 Å². The molecular weight excluding hydrogens is 469 g/mol. The number of piperidine rings is 1. The van der Waals surface area contributed by atoms with Gasteiger partial charge in [-0.15, -0.1) is 0 Å². The third kappa shape index (κ3) is 4.55. The molecule has 0 saturated carbocycles. The standard InChI is InChI=1S/C27H31Cl2N3O2/c1-17(2)25-27(15-30-23-13-20(29)8-9-22(23)27)21(18-6-5-7-19(28)12-18)10-11-32(25)14-24(34)31-26(3,4)16-33/h5-9,12-13,15,21,25,33H,1,10-11,14,16H2,2-4H3,(H,31,34)/t21-,25+,27-/m0/s1. The number of aliphatic imine (C=N–C) groups is 1. The second-order valence-corrected chi connectivity index (χ2v) is 10.9. The lowest BCUT2D eigenvalue weighted by molar-refractivity contribution is -0.125. The largest absolute Gasteiger partial charge is 0.394 e. The van der Waals surface area contributed by atoms with Gasteiger partial charge in [0, 0.05) is 28.2 Å². The number of fused-ring (bicyclic) bond motifs is 2. The van der Waals surface area contributed by atoms with Gasteiger partial charge in [0.1, 0.15) is 0 Å². The highest BCUT2D eigenvalue weighted by Crippen LogP contribution is 2.55. The predicted molar refractivity (Wildman–Crippen MR) is 140 cm³/mol. The Morgan fingerprint density at radius 1 is 1.26 bits per heavy atom. The molecule has 5 nitrogen and oxygen atoms in total. The lowest BCUT2D eigenvalue weighted by Crippen LogP contribution is -2.61. The van der Waals surface area contributed by atoms with Crippen molar-refractivity contribution >= 4 is 41.0 Å². The van der Waals surface area contributed by atoms with E-state index in [1.807, 2.05) is 43.5 Å². The molecule has 1 amide bonds. The maximum Gasteiger partial charge on any atom is 0.234 e. The minimum absolute atomic E-state index is 0.0901. The molecule has 0 aromatic heterocycles. The predicted octanol–water partition coefficient (Wildman–Crippen LogP) is 5.27. The molecule has 1 saturated heterocycles. The molecule has 3 atom stereocenters. The van der Waals surface area contributed by atoms with Crippen molar-refractivity contribution in [3.8, 4) is 0 Å². The van der Waals surface area contributed by atoms with Gasteiger partial charge in [-0.2, -0.15) is 0 Å². The van der Waals surface area contributed by atoms with Crippen molar-refractivity contribution in [2.75, 3.05) is 19.7 Å². The number of aliphatic hydroxyl groups is 1. The minimum Gasteiger partial charge on any atom is -0.394 e. The Kier molecular flexibility index (Phi) is 6.94. The fourth-order valence-corrected chi connectivity index (χ4v) is 5.94. The molecule has 7 heteroatoms. The summed E-state index contributed by atoms with van der Waals surface area (Å²) < 4.78 is 0. The van der Waals surface area contributed by atoms with Gasteiger partial charge in [0.15, 0.2) is 0 Å². The van der Waals surface area contributed by atoms with Crippen LogP contribution in [0.2, 0.25) is 10.0 Å². The van der Waals surface area contributed by atoms with Gasteiger partial charge in [-0.1, -0.05) is 53.6 Å². The third-order valence-electron chi connectivity index (χ3n) is 6.88. The zero-order valence-electron chi connectivity index (χ0n) is 19.8. The molecule has 34 heavy (non-hydrogen) atoms. The van der Waals surface area contributed by atoms with E-state index < -0.39 is 11.0 Å². The molecule has 1 spiro atoms. The van der Waals surface area contributed by atoms with E-state index in [2.05, 4.69) is 28.9 Å². The highest BCUT2D eigenvalue weighted by molar-refractivity contribution is 6.31. The summed E-state index contributed by atoms with van der Waals surface area (Å²) in [4.78, 5) is 20.0. The number of carbonyl (C=O) groups excluding carboxylic acids is 1. The van der Waals surface area contributed by atoms with E-state index >= 15 is 0 Å². The van der Waals surface area contributed by atoms with Crippen LogP contribution in [0, 0.1) is 0 Å². The Hall–Kier alpha value is -2.18. The topological polar surface area (TPSA) is 64.9 Å². The van der Waals surface area contributed by atoms with Gasteiger partial charge in [0.25, 0.3) is 0 Å². The smallest absolute Gasteiger partial charge is 0.234 e. The number of aliphatic hydroxyl groups excluding tert-OH is 1. The third-order valence-corrected chi connectivity index (χ3v) is 7.35. The first-order valence-electron chi connectivity index (χ1n) is 11.5. The van der Waals surface area contributed by atoms with Crippen molar-refractivity contribution in [2.45, 2.75) is 50.1 Å². The number of rotatable bonds is 6. The second-order valence-electron chi connectivity index (χ2n) is 10.1. The lowest BCUT2D eigenvalue weighted by atomic mass is 9.59. The van der Waals surface area contributed by atoms with Gasteiger partial charge in [0.2, 0.25) is 5.91 Å². The van der Waals surface area contributed by atoms with Crippen LogP contribution in [0.3, 0.4) is 0 Å². The Bertz CT molecular complexity index is 1150. The number of hydrogen-bond acceptors (Lipinski definition) is 4. The molecule has 0 aliphatic carbocycles. The average Bonchev–Trinajstić information content (AvgIpc) is 3.11. The van der Waals surface area contributed by atoms with Crippen LogP contribution < -0.4 is 5.32 Å². The van der Waals surface area contributed by atoms with E-state index in [1.54, 1.807) is 13.8 Å². The second kappa shape index (κ2) is 9.46. The fraction of sp³-hybridized carbons (Fsp3) is 0.407. The normalized spacial score (nSPS) is 24.3. The summed E-state index contributed by atoms with van der Waals surface area (Å²) in [5.74, 6) is -0.0415. The Morgan fingerprint density at radius 2 is 2.00 bits per heavy atom. The monoisotopic (exact) mass is 499 g/mol. The number of benzene rings is 2. The Labute approximate surface area is 211 Å². The molecule has 0 unspecified atom stereocenters. The average molecular weight is 500 g/mol. The number of nitrogens with one attached hydrogen (secondary N) is 1. The molecule has 2 aliphatic heterocycles. The first-order valence-corrected chi connectivity index (χ1v) is 12.2. The van der Waals surface area contributed by atoms with E-state index in [4.69, 9.17) is 28.2 Å². The SMILES string of the molecule is C=C(C)[C@H]1N(CC(=O)NC(C)(C)CO)CC[C@@H](c2cccc(Cl)c2)[C@]12C=Nc1cc(Cl)ccc12. The summed E-state index contributed by atoms with van der Waals surface area (Å²) in [6.45, 7) is 10.7. The lowest BCUT2D eigenvalue weighted by Gasteiger charge is -2.52. The summed E-state index contributed by atoms with van der Waals surface area (Å²) in [7, 11) is 0. The van der Waals surface area contributed by atoms with Crippen molar-refractivity contribution in [1.29, 1.82) is 0 Å². The highest BCUT2D eigenvalue weighted by Gasteiger charge is 2.54. The van der Waals surface area contributed by atoms with Gasteiger partial charge in [0.05, 0.1) is 29.8 Å². The van der Waals surface area contributed by atoms with Crippen LogP contribution in [0.25, 0.3) is 0 Å². The maximum absolute atomic E-state index is 13.0. The first-order chi connectivity index (χ1) is 16.1. The van der Waals surface area contributed by atoms with E-state index in [9.17, 15) is 9.90 Å². The number of carbonyl (C=O) groups is 1. The maximum atomic E-state index is 13.0. The summed E-state index contributed by atoms with van der Waals surface area (Å²) in [6.07, 6.45) is 2.84. The molecule has 0 radical (unpaired) electrons. The number of likely N-dealkylation sites (tertiary alicyclic amines) is 1. The molecule has 2 heterocycles. The minimum atomic E-state index is -0.690. The summed E-state index contributed by atoms with van der Waals surface area (Å²) in [5, 5.41) is 13.9. The van der Waals surface area contributed by atoms with Crippen LogP contribution >= 0.6 is 23.2 Å². The van der Waals surface area contributed by atoms with E-state index in [0.717, 1.165) is 28.8 Å². The number of amides is 1. The molecule has 0 bridgehead atoms. The molecule has 2 aromatic rings. The van der Waals surface area contributed by atoms with Crippen molar-refractivity contribution in [3.63, 3.8) is 0 Å². The number of hydrogen-bond donors (Lipinski definition) is 2. The van der Waals surface area contributed by atoms with Crippen molar-refractivity contribution in [2.24, 2.45) is 4.99 Å². The zero-order chi connectivity index (χ0) is 24.7. The molecule has 2 N–H and O–H groups in total. The summed E-state index contributed by atoms with van der Waals surface area (Å²) in [6, 6.07) is 13.7. The first kappa shape index (κ1) is 24.9. The van der Waals surface area contributed by atoms with Crippen LogP contribution in [0.1, 0.15) is 44.2 Å². The van der Waals surface area contributed by atoms with E-state index in [0.29, 0.717) is 16.6 Å². The van der Waals surface area contributed by atoms with Crippen molar-refractivity contribution < 1.29 is 9.90 Å². The van der Waals surface area contributed by atoms with Gasteiger partial charge in [-0.25, -0.2) is 0 Å². The quantitative estimate of drug-likeness (QED) is 0.532. The van der Waals surface area contributed by atoms with Crippen molar-refractivity contribution in [3.05, 3.63) is 75.8 Å². The summed E-state index contributed by atoms with van der Waals surface area (Å²) in [5.41, 5.74) is 2.80. The van der Waals surface area contributed by atoms with E-state index in [1.165, 1.54) is 0 Å². The molecule has 4 rings (SSSR count).